The first-order valence-corrected chi connectivity index (χ1v) is 7.67. The largest absolute Gasteiger partial charge is 0.357 e. The van der Waals surface area contributed by atoms with Gasteiger partial charge in [-0.1, -0.05) is 0 Å². The number of rotatable bonds is 3. The highest BCUT2D eigenvalue weighted by Gasteiger charge is 2.14. The summed E-state index contributed by atoms with van der Waals surface area (Å²) in [5.41, 5.74) is 1.23. The third-order valence-electron chi connectivity index (χ3n) is 3.42. The lowest BCUT2D eigenvalue weighted by Crippen LogP contribution is -2.47. The van der Waals surface area contributed by atoms with E-state index in [2.05, 4.69) is 58.4 Å². The Morgan fingerprint density at radius 1 is 1.32 bits per heavy atom. The van der Waals surface area contributed by atoms with Crippen molar-refractivity contribution in [2.45, 2.75) is 45.7 Å². The summed E-state index contributed by atoms with van der Waals surface area (Å²) in [6, 6.07) is 4.22. The second-order valence-electron chi connectivity index (χ2n) is 6.52. The van der Waals surface area contributed by atoms with Gasteiger partial charge in [-0.25, -0.2) is 4.98 Å². The maximum atomic E-state index is 4.48. The number of aromatic nitrogens is 1. The molecule has 1 aliphatic rings. The summed E-state index contributed by atoms with van der Waals surface area (Å²) in [7, 11) is 1.79. The number of aliphatic imine (C=N–C) groups is 1. The molecule has 1 fully saturated rings. The Kier molecular flexibility index (Phi) is 7.38. The number of nitrogens with zero attached hydrogens (tertiary/aromatic N) is 3. The Hall–Kier alpha value is -1.05. The Labute approximate surface area is 151 Å². The minimum atomic E-state index is 0. The molecule has 1 aromatic heterocycles. The molecule has 0 spiro atoms. The molecule has 2 rings (SSSR count). The van der Waals surface area contributed by atoms with E-state index in [0.717, 1.165) is 31.4 Å². The molecule has 6 heteroatoms. The number of nitrogens with one attached hydrogen (secondary N) is 2. The van der Waals surface area contributed by atoms with E-state index in [9.17, 15) is 0 Å². The van der Waals surface area contributed by atoms with Crippen molar-refractivity contribution in [1.29, 1.82) is 0 Å². The van der Waals surface area contributed by atoms with E-state index in [1.165, 1.54) is 18.4 Å². The summed E-state index contributed by atoms with van der Waals surface area (Å²) < 4.78 is 0. The molecule has 1 saturated heterocycles. The van der Waals surface area contributed by atoms with Gasteiger partial charge in [-0.05, 0) is 51.3 Å². The topological polar surface area (TPSA) is 52.6 Å². The van der Waals surface area contributed by atoms with Crippen molar-refractivity contribution in [1.82, 2.24) is 15.6 Å². The summed E-state index contributed by atoms with van der Waals surface area (Å²) in [5.74, 6) is 1.91. The van der Waals surface area contributed by atoms with E-state index in [-0.39, 0.29) is 29.5 Å². The van der Waals surface area contributed by atoms with Crippen molar-refractivity contribution in [2.24, 2.45) is 4.99 Å². The lowest BCUT2D eigenvalue weighted by molar-refractivity contribution is 0.501. The molecule has 0 amide bonds. The highest BCUT2D eigenvalue weighted by Crippen LogP contribution is 2.18. The maximum Gasteiger partial charge on any atom is 0.191 e. The first-order valence-electron chi connectivity index (χ1n) is 7.67. The van der Waals surface area contributed by atoms with Gasteiger partial charge in [0.2, 0.25) is 0 Å². The Morgan fingerprint density at radius 2 is 2.00 bits per heavy atom. The molecule has 124 valence electrons. The van der Waals surface area contributed by atoms with Crippen LogP contribution < -0.4 is 15.5 Å². The van der Waals surface area contributed by atoms with E-state index in [1.54, 1.807) is 7.05 Å². The van der Waals surface area contributed by atoms with Crippen LogP contribution in [-0.4, -0.2) is 36.6 Å². The minimum Gasteiger partial charge on any atom is -0.357 e. The van der Waals surface area contributed by atoms with E-state index < -0.39 is 0 Å². The minimum absolute atomic E-state index is 0. The summed E-state index contributed by atoms with van der Waals surface area (Å²) in [4.78, 5) is 11.1. The molecule has 0 saturated carbocycles. The van der Waals surface area contributed by atoms with Crippen LogP contribution in [0.15, 0.2) is 23.3 Å². The van der Waals surface area contributed by atoms with Crippen molar-refractivity contribution in [3.63, 3.8) is 0 Å². The van der Waals surface area contributed by atoms with Crippen molar-refractivity contribution in [3.05, 3.63) is 23.9 Å². The molecule has 0 bridgehead atoms. The zero-order chi connectivity index (χ0) is 15.3. The Morgan fingerprint density at radius 3 is 2.59 bits per heavy atom. The molecule has 2 N–H and O–H groups in total. The van der Waals surface area contributed by atoms with E-state index >= 15 is 0 Å². The number of guanidine groups is 1. The fourth-order valence-corrected chi connectivity index (χ4v) is 2.41. The van der Waals surface area contributed by atoms with Crippen LogP contribution in [0.5, 0.6) is 0 Å². The van der Waals surface area contributed by atoms with Gasteiger partial charge >= 0.3 is 0 Å². The van der Waals surface area contributed by atoms with Gasteiger partial charge in [0.15, 0.2) is 5.96 Å². The number of anilines is 1. The SMILES string of the molecule is CN=C(NCc1ccnc(N2CCCC2)c1)NC(C)(C)C.I. The van der Waals surface area contributed by atoms with Crippen LogP contribution in [0.25, 0.3) is 0 Å². The van der Waals surface area contributed by atoms with Crippen LogP contribution in [0.4, 0.5) is 5.82 Å². The van der Waals surface area contributed by atoms with E-state index in [0.29, 0.717) is 0 Å². The van der Waals surface area contributed by atoms with Gasteiger partial charge in [-0.2, -0.15) is 0 Å². The van der Waals surface area contributed by atoms with Crippen LogP contribution in [0.3, 0.4) is 0 Å². The van der Waals surface area contributed by atoms with Crippen molar-refractivity contribution >= 4 is 35.8 Å². The summed E-state index contributed by atoms with van der Waals surface area (Å²) in [5, 5.41) is 6.71. The van der Waals surface area contributed by atoms with Crippen molar-refractivity contribution in [2.75, 3.05) is 25.0 Å². The van der Waals surface area contributed by atoms with Crippen LogP contribution in [-0.2, 0) is 6.54 Å². The van der Waals surface area contributed by atoms with Crippen molar-refractivity contribution < 1.29 is 0 Å². The van der Waals surface area contributed by atoms with Gasteiger partial charge in [0, 0.05) is 38.4 Å². The Bertz CT molecular complexity index is 490. The van der Waals surface area contributed by atoms with Gasteiger partial charge in [0.1, 0.15) is 5.82 Å². The molecule has 0 aliphatic carbocycles. The van der Waals surface area contributed by atoms with Crippen LogP contribution in [0, 0.1) is 0 Å². The quantitative estimate of drug-likeness (QED) is 0.451. The first kappa shape index (κ1) is 19.0. The maximum absolute atomic E-state index is 4.48. The molecule has 0 atom stereocenters. The fourth-order valence-electron chi connectivity index (χ4n) is 2.41. The molecular weight excluding hydrogens is 389 g/mol. The normalized spacial score (nSPS) is 15.5. The molecule has 1 aliphatic heterocycles. The Balaban J connectivity index is 0.00000242. The van der Waals surface area contributed by atoms with Gasteiger partial charge in [-0.15, -0.1) is 24.0 Å². The molecule has 5 nitrogen and oxygen atoms in total. The van der Waals surface area contributed by atoms with Gasteiger partial charge in [-0.3, -0.25) is 4.99 Å². The van der Waals surface area contributed by atoms with Crippen LogP contribution in [0.2, 0.25) is 0 Å². The lowest BCUT2D eigenvalue weighted by Gasteiger charge is -2.24. The second kappa shape index (κ2) is 8.55. The highest BCUT2D eigenvalue weighted by atomic mass is 127. The number of pyridine rings is 1. The first-order chi connectivity index (χ1) is 9.98. The molecule has 0 aromatic carbocycles. The monoisotopic (exact) mass is 417 g/mol. The predicted molar refractivity (Wildman–Crippen MR) is 104 cm³/mol. The number of hydrogen-bond acceptors (Lipinski definition) is 3. The molecule has 0 unspecified atom stereocenters. The second-order valence-corrected chi connectivity index (χ2v) is 6.52. The summed E-state index contributed by atoms with van der Waals surface area (Å²) in [6.07, 6.45) is 4.43. The summed E-state index contributed by atoms with van der Waals surface area (Å²) in [6.45, 7) is 9.36. The third kappa shape index (κ3) is 5.98. The van der Waals surface area contributed by atoms with E-state index in [4.69, 9.17) is 0 Å². The zero-order valence-corrected chi connectivity index (χ0v) is 16.3. The molecule has 2 heterocycles. The summed E-state index contributed by atoms with van der Waals surface area (Å²) >= 11 is 0. The average Bonchev–Trinajstić information content (AvgIpc) is 2.96. The molecule has 22 heavy (non-hydrogen) atoms. The molecule has 1 aromatic rings. The predicted octanol–water partition coefficient (Wildman–Crippen LogP) is 2.76. The van der Waals surface area contributed by atoms with Gasteiger partial charge in [0.25, 0.3) is 0 Å². The molecule has 0 radical (unpaired) electrons. The standard InChI is InChI=1S/C16H27N5.HI/c1-16(2,3)20-15(17-4)19-12-13-7-8-18-14(11-13)21-9-5-6-10-21;/h7-8,11H,5-6,9-10,12H2,1-4H3,(H2,17,19,20);1H. The fraction of sp³-hybridized carbons (Fsp3) is 0.625. The number of hydrogen-bond donors (Lipinski definition) is 2. The van der Waals surface area contributed by atoms with Crippen LogP contribution in [0.1, 0.15) is 39.2 Å². The van der Waals surface area contributed by atoms with E-state index in [1.807, 2.05) is 6.20 Å². The van der Waals surface area contributed by atoms with Gasteiger partial charge < -0.3 is 15.5 Å². The van der Waals surface area contributed by atoms with Crippen molar-refractivity contribution in [3.8, 4) is 0 Å². The molecular formula is C16H28IN5. The highest BCUT2D eigenvalue weighted by molar-refractivity contribution is 14.0. The lowest BCUT2D eigenvalue weighted by atomic mass is 10.1. The van der Waals surface area contributed by atoms with Gasteiger partial charge in [0.05, 0.1) is 0 Å². The smallest absolute Gasteiger partial charge is 0.191 e. The average molecular weight is 417 g/mol. The third-order valence-corrected chi connectivity index (χ3v) is 3.42. The zero-order valence-electron chi connectivity index (χ0n) is 14.0. The van der Waals surface area contributed by atoms with Crippen LogP contribution >= 0.6 is 24.0 Å². The number of halogens is 1.